The van der Waals surface area contributed by atoms with Gasteiger partial charge in [-0.3, -0.25) is 0 Å². The Morgan fingerprint density at radius 2 is 2.36 bits per heavy atom. The van der Waals surface area contributed by atoms with Gasteiger partial charge in [0.2, 0.25) is 0 Å². The van der Waals surface area contributed by atoms with Crippen molar-refractivity contribution in [2.24, 2.45) is 11.8 Å². The van der Waals surface area contributed by atoms with Crippen molar-refractivity contribution in [1.29, 1.82) is 0 Å². The number of aliphatic carboxylic acids is 1. The van der Waals surface area contributed by atoms with Crippen molar-refractivity contribution in [1.82, 2.24) is 0 Å². The maximum atomic E-state index is 10.7. The van der Waals surface area contributed by atoms with Crippen LogP contribution in [-0.4, -0.2) is 11.1 Å². The lowest BCUT2D eigenvalue weighted by Gasteiger charge is -2.16. The molecule has 2 aliphatic carbocycles. The van der Waals surface area contributed by atoms with Crippen molar-refractivity contribution < 1.29 is 9.90 Å². The Bertz CT molecular complexity index is 240. The Morgan fingerprint density at radius 1 is 1.64 bits per heavy atom. The van der Waals surface area contributed by atoms with Gasteiger partial charge in [0, 0.05) is 5.57 Å². The van der Waals surface area contributed by atoms with Crippen LogP contribution < -0.4 is 0 Å². The molecule has 1 saturated carbocycles. The van der Waals surface area contributed by atoms with Crippen molar-refractivity contribution in [2.45, 2.75) is 26.2 Å². The van der Waals surface area contributed by atoms with Crippen LogP contribution in [0.5, 0.6) is 0 Å². The normalized spacial score (nSPS) is 35.0. The van der Waals surface area contributed by atoms with Crippen molar-refractivity contribution >= 4 is 5.97 Å². The van der Waals surface area contributed by atoms with Gasteiger partial charge in [-0.1, -0.05) is 12.5 Å². The number of hydrogen-bond donors (Lipinski definition) is 1. The van der Waals surface area contributed by atoms with E-state index < -0.39 is 5.97 Å². The highest BCUT2D eigenvalue weighted by atomic mass is 16.4. The van der Waals surface area contributed by atoms with Gasteiger partial charge in [0.25, 0.3) is 0 Å². The van der Waals surface area contributed by atoms with E-state index in [1.165, 1.54) is 12.0 Å². The van der Waals surface area contributed by atoms with Gasteiger partial charge in [-0.2, -0.15) is 0 Å². The predicted octanol–water partition coefficient (Wildman–Crippen LogP) is 1.82. The molecule has 0 aliphatic heterocycles. The molecule has 2 nitrogen and oxygen atoms in total. The van der Waals surface area contributed by atoms with Crippen LogP contribution in [-0.2, 0) is 4.79 Å². The first-order valence-electron chi connectivity index (χ1n) is 4.15. The lowest BCUT2D eigenvalue weighted by atomic mass is 9.88. The van der Waals surface area contributed by atoms with Crippen LogP contribution in [0.15, 0.2) is 11.1 Å². The van der Waals surface area contributed by atoms with Crippen LogP contribution in [0.25, 0.3) is 0 Å². The third-order valence-electron chi connectivity index (χ3n) is 3.10. The van der Waals surface area contributed by atoms with Crippen molar-refractivity contribution in [3.8, 4) is 0 Å². The van der Waals surface area contributed by atoms with E-state index >= 15 is 0 Å². The molecule has 0 saturated heterocycles. The molecule has 2 heteroatoms. The quantitative estimate of drug-likeness (QED) is 0.622. The maximum Gasteiger partial charge on any atom is 0.331 e. The molecule has 60 valence electrons. The Balaban J connectivity index is 2.37. The average molecular weight is 152 g/mol. The molecule has 2 atom stereocenters. The molecule has 0 aromatic heterocycles. The number of rotatable bonds is 1. The fraction of sp³-hybridized carbons (Fsp3) is 0.667. The zero-order valence-electron chi connectivity index (χ0n) is 6.63. The third kappa shape index (κ3) is 0.817. The predicted molar refractivity (Wildman–Crippen MR) is 41.2 cm³/mol. The van der Waals surface area contributed by atoms with Gasteiger partial charge in [0.05, 0.1) is 0 Å². The van der Waals surface area contributed by atoms with Gasteiger partial charge < -0.3 is 5.11 Å². The van der Waals surface area contributed by atoms with Crippen LogP contribution in [0.2, 0.25) is 0 Å². The highest BCUT2D eigenvalue weighted by Gasteiger charge is 2.39. The summed E-state index contributed by atoms with van der Waals surface area (Å²) in [7, 11) is 0. The lowest BCUT2D eigenvalue weighted by molar-refractivity contribution is -0.133. The van der Waals surface area contributed by atoms with Crippen molar-refractivity contribution in [3.05, 3.63) is 11.1 Å². The summed E-state index contributed by atoms with van der Waals surface area (Å²) < 4.78 is 0. The second-order valence-corrected chi connectivity index (χ2v) is 3.61. The topological polar surface area (TPSA) is 37.3 Å². The second kappa shape index (κ2) is 2.10. The summed E-state index contributed by atoms with van der Waals surface area (Å²) in [6, 6.07) is 0. The molecular weight excluding hydrogens is 140 g/mol. The molecular formula is C9H12O2. The SMILES string of the molecule is CC1C(C(=O)O)=C2CCC1C2. The molecule has 2 unspecified atom stereocenters. The van der Waals surface area contributed by atoms with Crippen LogP contribution in [0.3, 0.4) is 0 Å². The summed E-state index contributed by atoms with van der Waals surface area (Å²) in [4.78, 5) is 10.7. The molecule has 2 rings (SSSR count). The van der Waals surface area contributed by atoms with E-state index in [9.17, 15) is 4.79 Å². The average Bonchev–Trinajstić information content (AvgIpc) is 2.44. The number of allylic oxidation sites excluding steroid dienone is 1. The minimum absolute atomic E-state index is 0.316. The molecule has 0 aromatic carbocycles. The van der Waals surface area contributed by atoms with Crippen molar-refractivity contribution in [2.75, 3.05) is 0 Å². The first-order chi connectivity index (χ1) is 5.20. The zero-order chi connectivity index (χ0) is 8.01. The van der Waals surface area contributed by atoms with Gasteiger partial charge in [-0.25, -0.2) is 4.79 Å². The van der Waals surface area contributed by atoms with E-state index in [0.29, 0.717) is 11.8 Å². The van der Waals surface area contributed by atoms with Crippen LogP contribution in [0, 0.1) is 11.8 Å². The first kappa shape index (κ1) is 6.89. The summed E-state index contributed by atoms with van der Waals surface area (Å²) in [5.41, 5.74) is 1.94. The van der Waals surface area contributed by atoms with E-state index in [1.807, 2.05) is 6.92 Å². The number of carboxylic acids is 1. The van der Waals surface area contributed by atoms with Gasteiger partial charge in [0.15, 0.2) is 0 Å². The Labute approximate surface area is 65.9 Å². The molecule has 0 radical (unpaired) electrons. The number of carboxylic acid groups (broad SMARTS) is 1. The van der Waals surface area contributed by atoms with Crippen molar-refractivity contribution in [3.63, 3.8) is 0 Å². The van der Waals surface area contributed by atoms with E-state index in [1.54, 1.807) is 0 Å². The van der Waals surface area contributed by atoms with E-state index in [0.717, 1.165) is 18.4 Å². The number of fused-ring (bicyclic) bond motifs is 2. The highest BCUT2D eigenvalue weighted by molar-refractivity contribution is 5.89. The molecule has 0 aromatic rings. The van der Waals surface area contributed by atoms with E-state index in [2.05, 4.69) is 0 Å². The second-order valence-electron chi connectivity index (χ2n) is 3.61. The zero-order valence-corrected chi connectivity index (χ0v) is 6.63. The van der Waals surface area contributed by atoms with Gasteiger partial charge in [-0.15, -0.1) is 0 Å². The largest absolute Gasteiger partial charge is 0.478 e. The fourth-order valence-electron chi connectivity index (χ4n) is 2.46. The maximum absolute atomic E-state index is 10.7. The highest BCUT2D eigenvalue weighted by Crippen LogP contribution is 2.47. The standard InChI is InChI=1S/C9H12O2/c1-5-6-2-3-7(4-6)8(5)9(10)11/h5-6H,2-4H2,1H3,(H,10,11). The van der Waals surface area contributed by atoms with Crippen LogP contribution >= 0.6 is 0 Å². The number of hydrogen-bond acceptors (Lipinski definition) is 1. The first-order valence-corrected chi connectivity index (χ1v) is 4.15. The summed E-state index contributed by atoms with van der Waals surface area (Å²) in [5.74, 6) is 0.280. The minimum Gasteiger partial charge on any atom is -0.478 e. The summed E-state index contributed by atoms with van der Waals surface area (Å²) in [6.45, 7) is 2.04. The summed E-state index contributed by atoms with van der Waals surface area (Å²) >= 11 is 0. The monoisotopic (exact) mass is 152 g/mol. The molecule has 0 amide bonds. The summed E-state index contributed by atoms with van der Waals surface area (Å²) in [5, 5.41) is 8.85. The molecule has 1 N–H and O–H groups in total. The third-order valence-corrected chi connectivity index (χ3v) is 3.10. The molecule has 2 aliphatic rings. The Hall–Kier alpha value is -0.790. The van der Waals surface area contributed by atoms with Gasteiger partial charge in [0.1, 0.15) is 0 Å². The molecule has 11 heavy (non-hydrogen) atoms. The Morgan fingerprint density at radius 3 is 2.73 bits per heavy atom. The lowest BCUT2D eigenvalue weighted by Crippen LogP contribution is -2.14. The smallest absolute Gasteiger partial charge is 0.331 e. The molecule has 0 heterocycles. The molecule has 1 fully saturated rings. The van der Waals surface area contributed by atoms with E-state index in [4.69, 9.17) is 5.11 Å². The van der Waals surface area contributed by atoms with Gasteiger partial charge >= 0.3 is 5.97 Å². The van der Waals surface area contributed by atoms with Gasteiger partial charge in [-0.05, 0) is 31.1 Å². The Kier molecular flexibility index (Phi) is 1.31. The summed E-state index contributed by atoms with van der Waals surface area (Å²) in [6.07, 6.45) is 3.31. The number of carbonyl (C=O) groups is 1. The molecule has 0 spiro atoms. The van der Waals surface area contributed by atoms with E-state index in [-0.39, 0.29) is 0 Å². The molecule has 2 bridgehead atoms. The fourth-order valence-corrected chi connectivity index (χ4v) is 2.46. The minimum atomic E-state index is -0.685. The van der Waals surface area contributed by atoms with Crippen LogP contribution in [0.1, 0.15) is 26.2 Å². The van der Waals surface area contributed by atoms with Crippen LogP contribution in [0.4, 0.5) is 0 Å².